The summed E-state index contributed by atoms with van der Waals surface area (Å²) in [7, 11) is 3.24. The Balaban J connectivity index is 2.45. The molecule has 0 unspecified atom stereocenters. The minimum Gasteiger partial charge on any atom is -0.496 e. The Hall–Kier alpha value is -2.95. The quantitative estimate of drug-likeness (QED) is 0.695. The first kappa shape index (κ1) is 15.9. The van der Waals surface area contributed by atoms with Crippen molar-refractivity contribution in [2.45, 2.75) is 13.8 Å². The van der Waals surface area contributed by atoms with Gasteiger partial charge in [-0.15, -0.1) is 0 Å². The summed E-state index contributed by atoms with van der Waals surface area (Å²) < 4.78 is 6.87. The summed E-state index contributed by atoms with van der Waals surface area (Å²) in [5.74, 6) is 0.975. The molecule has 0 saturated carbocycles. The molecule has 0 aliphatic heterocycles. The number of ketones is 1. The van der Waals surface area contributed by atoms with Crippen molar-refractivity contribution in [1.29, 1.82) is 0 Å². The van der Waals surface area contributed by atoms with Crippen LogP contribution in [0.2, 0.25) is 0 Å². The molecular weight excluding hydrogens is 304 g/mol. The fraction of sp³-hybridized carbons (Fsp3) is 0.211. The summed E-state index contributed by atoms with van der Waals surface area (Å²) >= 11 is 0. The molecule has 5 nitrogen and oxygen atoms in total. The zero-order valence-corrected chi connectivity index (χ0v) is 14.1. The van der Waals surface area contributed by atoms with E-state index < -0.39 is 0 Å². The predicted molar refractivity (Wildman–Crippen MR) is 93.7 cm³/mol. The molecule has 2 aromatic carbocycles. The summed E-state index contributed by atoms with van der Waals surface area (Å²) in [6.07, 6.45) is 0. The minimum atomic E-state index is -0.188. The van der Waals surface area contributed by atoms with Gasteiger partial charge in [0.15, 0.2) is 5.78 Å². The Morgan fingerprint density at radius 2 is 1.92 bits per heavy atom. The third-order valence-corrected chi connectivity index (χ3v) is 4.05. The second kappa shape index (κ2) is 5.92. The third kappa shape index (κ3) is 2.48. The second-order valence-electron chi connectivity index (χ2n) is 5.76. The van der Waals surface area contributed by atoms with Gasteiger partial charge in [-0.3, -0.25) is 14.2 Å². The van der Waals surface area contributed by atoms with Gasteiger partial charge in [0.05, 0.1) is 23.6 Å². The van der Waals surface area contributed by atoms with Gasteiger partial charge in [-0.05, 0) is 43.7 Å². The highest BCUT2D eigenvalue weighted by Crippen LogP contribution is 2.29. The number of Topliss-reactive ketones (excluding diaryl/α,β-unsaturated/α-hetero) is 1. The maximum atomic E-state index is 12.8. The molecule has 0 aliphatic carbocycles. The number of aryl methyl sites for hydroxylation is 1. The number of fused-ring (bicyclic) bond motifs is 1. The van der Waals surface area contributed by atoms with E-state index in [1.807, 2.05) is 31.2 Å². The molecule has 0 saturated heterocycles. The van der Waals surface area contributed by atoms with Crippen LogP contribution in [0.25, 0.3) is 22.3 Å². The number of carbonyl (C=O) groups is 1. The van der Waals surface area contributed by atoms with Crippen LogP contribution in [0.15, 0.2) is 41.2 Å². The Labute approximate surface area is 139 Å². The molecule has 122 valence electrons. The van der Waals surface area contributed by atoms with E-state index in [2.05, 4.69) is 4.98 Å². The van der Waals surface area contributed by atoms with Gasteiger partial charge in [-0.25, -0.2) is 4.98 Å². The molecule has 0 spiro atoms. The first-order valence-electron chi connectivity index (χ1n) is 7.59. The zero-order chi connectivity index (χ0) is 17.4. The highest BCUT2D eigenvalue weighted by molar-refractivity contribution is 6.06. The van der Waals surface area contributed by atoms with E-state index in [0.29, 0.717) is 33.6 Å². The molecular formula is C19H18N2O3. The lowest BCUT2D eigenvalue weighted by Crippen LogP contribution is -2.21. The standard InChI is InChI=1S/C19H18N2O3/c1-11-9-14(12(2)22)17-15(10-11)19(23)21(3)18(20-17)13-7-5-6-8-16(13)24-4/h5-10H,1-4H3. The molecule has 1 heterocycles. The summed E-state index contributed by atoms with van der Waals surface area (Å²) in [5, 5.41) is 0.446. The third-order valence-electron chi connectivity index (χ3n) is 4.05. The Bertz CT molecular complexity index is 1020. The maximum absolute atomic E-state index is 12.8. The van der Waals surface area contributed by atoms with Crippen molar-refractivity contribution in [3.63, 3.8) is 0 Å². The number of carbonyl (C=O) groups excluding carboxylic acids is 1. The van der Waals surface area contributed by atoms with Gasteiger partial charge in [-0.2, -0.15) is 0 Å². The lowest BCUT2D eigenvalue weighted by molar-refractivity contribution is 0.101. The van der Waals surface area contributed by atoms with Crippen LogP contribution >= 0.6 is 0 Å². The van der Waals surface area contributed by atoms with Crippen molar-refractivity contribution in [2.24, 2.45) is 7.05 Å². The number of methoxy groups -OCH3 is 1. The average Bonchev–Trinajstić information content (AvgIpc) is 2.57. The number of hydrogen-bond acceptors (Lipinski definition) is 4. The topological polar surface area (TPSA) is 61.2 Å². The van der Waals surface area contributed by atoms with E-state index in [1.54, 1.807) is 26.3 Å². The first-order valence-corrected chi connectivity index (χ1v) is 7.59. The van der Waals surface area contributed by atoms with E-state index in [4.69, 9.17) is 4.74 Å². The molecule has 0 radical (unpaired) electrons. The van der Waals surface area contributed by atoms with Crippen molar-refractivity contribution >= 4 is 16.7 Å². The largest absolute Gasteiger partial charge is 0.496 e. The number of ether oxygens (including phenoxy) is 1. The van der Waals surface area contributed by atoms with Crippen LogP contribution in [-0.2, 0) is 7.05 Å². The van der Waals surface area contributed by atoms with Crippen molar-refractivity contribution in [3.05, 3.63) is 57.9 Å². The maximum Gasteiger partial charge on any atom is 0.261 e. The van der Waals surface area contributed by atoms with Crippen LogP contribution in [0.5, 0.6) is 5.75 Å². The van der Waals surface area contributed by atoms with Gasteiger partial charge in [0.25, 0.3) is 5.56 Å². The van der Waals surface area contributed by atoms with Crippen molar-refractivity contribution in [3.8, 4) is 17.1 Å². The SMILES string of the molecule is COc1ccccc1-c1nc2c(C(C)=O)cc(C)cc2c(=O)n1C. The fourth-order valence-corrected chi connectivity index (χ4v) is 2.86. The summed E-state index contributed by atoms with van der Waals surface area (Å²) in [4.78, 5) is 29.5. The minimum absolute atomic E-state index is 0.115. The van der Waals surface area contributed by atoms with Gasteiger partial charge in [0.1, 0.15) is 11.6 Å². The van der Waals surface area contributed by atoms with E-state index in [9.17, 15) is 9.59 Å². The average molecular weight is 322 g/mol. The fourth-order valence-electron chi connectivity index (χ4n) is 2.86. The van der Waals surface area contributed by atoms with Crippen molar-refractivity contribution in [2.75, 3.05) is 7.11 Å². The summed E-state index contributed by atoms with van der Waals surface area (Å²) in [5.41, 5.74) is 2.26. The number of hydrogen-bond donors (Lipinski definition) is 0. The number of para-hydroxylation sites is 1. The molecule has 1 aromatic heterocycles. The van der Waals surface area contributed by atoms with E-state index in [1.165, 1.54) is 11.5 Å². The molecule has 5 heteroatoms. The predicted octanol–water partition coefficient (Wildman–Crippen LogP) is 3.12. The van der Waals surface area contributed by atoms with Crippen molar-refractivity contribution < 1.29 is 9.53 Å². The smallest absolute Gasteiger partial charge is 0.261 e. The second-order valence-corrected chi connectivity index (χ2v) is 5.76. The normalized spacial score (nSPS) is 10.8. The van der Waals surface area contributed by atoms with Gasteiger partial charge in [0.2, 0.25) is 0 Å². The van der Waals surface area contributed by atoms with Crippen LogP contribution < -0.4 is 10.3 Å². The zero-order valence-electron chi connectivity index (χ0n) is 14.1. The molecule has 0 N–H and O–H groups in total. The van der Waals surface area contributed by atoms with Gasteiger partial charge >= 0.3 is 0 Å². The molecule has 3 rings (SSSR count). The van der Waals surface area contributed by atoms with Crippen LogP contribution in [0.3, 0.4) is 0 Å². The van der Waals surface area contributed by atoms with Gasteiger partial charge in [-0.1, -0.05) is 12.1 Å². The summed E-state index contributed by atoms with van der Waals surface area (Å²) in [6, 6.07) is 10.9. The van der Waals surface area contributed by atoms with E-state index >= 15 is 0 Å². The molecule has 0 bridgehead atoms. The highest BCUT2D eigenvalue weighted by atomic mass is 16.5. The Kier molecular flexibility index (Phi) is 3.93. The van der Waals surface area contributed by atoms with Gasteiger partial charge in [0, 0.05) is 12.6 Å². The number of rotatable bonds is 3. The monoisotopic (exact) mass is 322 g/mol. The van der Waals surface area contributed by atoms with Gasteiger partial charge < -0.3 is 4.74 Å². The molecule has 24 heavy (non-hydrogen) atoms. The molecule has 0 amide bonds. The first-order chi connectivity index (χ1) is 11.4. The van der Waals surface area contributed by atoms with Crippen LogP contribution in [-0.4, -0.2) is 22.4 Å². The van der Waals surface area contributed by atoms with Crippen LogP contribution in [0, 0.1) is 6.92 Å². The number of benzene rings is 2. The lowest BCUT2D eigenvalue weighted by Gasteiger charge is -2.14. The lowest BCUT2D eigenvalue weighted by atomic mass is 10.0. The van der Waals surface area contributed by atoms with Crippen LogP contribution in [0.1, 0.15) is 22.8 Å². The number of aromatic nitrogens is 2. The summed E-state index contributed by atoms with van der Waals surface area (Å²) in [6.45, 7) is 3.34. The molecule has 3 aromatic rings. The molecule has 0 fully saturated rings. The number of nitrogens with zero attached hydrogens (tertiary/aromatic N) is 2. The molecule has 0 aliphatic rings. The van der Waals surface area contributed by atoms with E-state index in [0.717, 1.165) is 5.56 Å². The van der Waals surface area contributed by atoms with Crippen molar-refractivity contribution in [1.82, 2.24) is 9.55 Å². The Morgan fingerprint density at radius 3 is 2.58 bits per heavy atom. The molecule has 0 atom stereocenters. The highest BCUT2D eigenvalue weighted by Gasteiger charge is 2.17. The van der Waals surface area contributed by atoms with Crippen LogP contribution in [0.4, 0.5) is 0 Å². The van der Waals surface area contributed by atoms with E-state index in [-0.39, 0.29) is 11.3 Å². The Morgan fingerprint density at radius 1 is 1.21 bits per heavy atom.